The predicted molar refractivity (Wildman–Crippen MR) is 58.6 cm³/mol. The molecule has 3 nitrogen and oxygen atoms in total. The fourth-order valence-electron chi connectivity index (χ4n) is 1.69. The first-order chi connectivity index (χ1) is 7.27. The third-order valence-electron chi connectivity index (χ3n) is 2.65. The SMILES string of the molecule is CC(N)c1ccc(C2COCCO2)cc1. The number of nitrogens with two attached hydrogens (primary N) is 1. The maximum absolute atomic E-state index is 5.79. The summed E-state index contributed by atoms with van der Waals surface area (Å²) in [7, 11) is 0. The average molecular weight is 207 g/mol. The maximum Gasteiger partial charge on any atom is 0.106 e. The molecule has 0 amide bonds. The molecule has 1 fully saturated rings. The van der Waals surface area contributed by atoms with Gasteiger partial charge in [-0.2, -0.15) is 0 Å². The molecule has 0 saturated carbocycles. The molecule has 1 aliphatic heterocycles. The highest BCUT2D eigenvalue weighted by Crippen LogP contribution is 2.22. The molecule has 0 bridgehead atoms. The van der Waals surface area contributed by atoms with Gasteiger partial charge >= 0.3 is 0 Å². The average Bonchev–Trinajstić information content (AvgIpc) is 2.30. The van der Waals surface area contributed by atoms with Gasteiger partial charge in [0.2, 0.25) is 0 Å². The Balaban J connectivity index is 2.08. The van der Waals surface area contributed by atoms with Gasteiger partial charge in [-0.15, -0.1) is 0 Å². The van der Waals surface area contributed by atoms with Crippen molar-refractivity contribution in [2.24, 2.45) is 5.73 Å². The summed E-state index contributed by atoms with van der Waals surface area (Å²) in [5.41, 5.74) is 8.10. The second-order valence-corrected chi connectivity index (χ2v) is 3.89. The molecule has 1 aromatic carbocycles. The molecule has 1 heterocycles. The summed E-state index contributed by atoms with van der Waals surface area (Å²) in [4.78, 5) is 0. The Kier molecular flexibility index (Phi) is 3.36. The predicted octanol–water partition coefficient (Wildman–Crippen LogP) is 1.79. The van der Waals surface area contributed by atoms with Crippen LogP contribution in [0.4, 0.5) is 0 Å². The Hall–Kier alpha value is -0.900. The van der Waals surface area contributed by atoms with Crippen LogP contribution in [-0.4, -0.2) is 19.8 Å². The lowest BCUT2D eigenvalue weighted by atomic mass is 10.0. The van der Waals surface area contributed by atoms with Crippen molar-refractivity contribution in [3.63, 3.8) is 0 Å². The van der Waals surface area contributed by atoms with Crippen LogP contribution in [0.2, 0.25) is 0 Å². The first kappa shape index (κ1) is 10.6. The molecule has 0 spiro atoms. The maximum atomic E-state index is 5.79. The minimum absolute atomic E-state index is 0.0841. The second-order valence-electron chi connectivity index (χ2n) is 3.89. The summed E-state index contributed by atoms with van der Waals surface area (Å²) >= 11 is 0. The summed E-state index contributed by atoms with van der Waals surface area (Å²) < 4.78 is 11.0. The number of benzene rings is 1. The quantitative estimate of drug-likeness (QED) is 0.804. The van der Waals surface area contributed by atoms with Gasteiger partial charge in [0.25, 0.3) is 0 Å². The highest BCUT2D eigenvalue weighted by molar-refractivity contribution is 5.26. The van der Waals surface area contributed by atoms with Crippen LogP contribution in [0, 0.1) is 0 Å². The largest absolute Gasteiger partial charge is 0.376 e. The fraction of sp³-hybridized carbons (Fsp3) is 0.500. The molecule has 1 aliphatic rings. The van der Waals surface area contributed by atoms with E-state index in [2.05, 4.69) is 24.3 Å². The molecule has 2 N–H and O–H groups in total. The van der Waals surface area contributed by atoms with Crippen LogP contribution in [0.3, 0.4) is 0 Å². The van der Waals surface area contributed by atoms with Crippen molar-refractivity contribution in [1.29, 1.82) is 0 Å². The van der Waals surface area contributed by atoms with E-state index in [-0.39, 0.29) is 12.1 Å². The summed E-state index contributed by atoms with van der Waals surface area (Å²) in [5.74, 6) is 0. The fourth-order valence-corrected chi connectivity index (χ4v) is 1.69. The molecular formula is C12H17NO2. The molecule has 15 heavy (non-hydrogen) atoms. The van der Waals surface area contributed by atoms with E-state index in [9.17, 15) is 0 Å². The Morgan fingerprint density at radius 3 is 2.53 bits per heavy atom. The van der Waals surface area contributed by atoms with Gasteiger partial charge in [0.15, 0.2) is 0 Å². The Morgan fingerprint density at radius 1 is 1.27 bits per heavy atom. The van der Waals surface area contributed by atoms with Crippen LogP contribution in [0.25, 0.3) is 0 Å². The van der Waals surface area contributed by atoms with Gasteiger partial charge in [-0.3, -0.25) is 0 Å². The molecule has 1 aromatic rings. The second kappa shape index (κ2) is 4.75. The minimum Gasteiger partial charge on any atom is -0.376 e. The van der Waals surface area contributed by atoms with Crippen LogP contribution < -0.4 is 5.73 Å². The molecular weight excluding hydrogens is 190 g/mol. The van der Waals surface area contributed by atoms with Crippen molar-refractivity contribution in [3.05, 3.63) is 35.4 Å². The first-order valence-electron chi connectivity index (χ1n) is 5.32. The van der Waals surface area contributed by atoms with Crippen molar-refractivity contribution in [1.82, 2.24) is 0 Å². The normalized spacial score (nSPS) is 23.7. The number of rotatable bonds is 2. The topological polar surface area (TPSA) is 44.5 Å². The van der Waals surface area contributed by atoms with E-state index in [4.69, 9.17) is 15.2 Å². The zero-order chi connectivity index (χ0) is 10.7. The zero-order valence-electron chi connectivity index (χ0n) is 8.98. The van der Waals surface area contributed by atoms with E-state index in [1.54, 1.807) is 0 Å². The standard InChI is InChI=1S/C12H17NO2/c1-9(13)10-2-4-11(5-3-10)12-8-14-6-7-15-12/h2-5,9,12H,6-8,13H2,1H3. The molecule has 2 atom stereocenters. The van der Waals surface area contributed by atoms with Crippen molar-refractivity contribution in [2.75, 3.05) is 19.8 Å². The zero-order valence-corrected chi connectivity index (χ0v) is 8.98. The number of ether oxygens (including phenoxy) is 2. The van der Waals surface area contributed by atoms with E-state index < -0.39 is 0 Å². The molecule has 3 heteroatoms. The lowest BCUT2D eigenvalue weighted by Crippen LogP contribution is -2.21. The first-order valence-corrected chi connectivity index (χ1v) is 5.32. The monoisotopic (exact) mass is 207 g/mol. The van der Waals surface area contributed by atoms with Gasteiger partial charge < -0.3 is 15.2 Å². The molecule has 0 aliphatic carbocycles. The van der Waals surface area contributed by atoms with Crippen LogP contribution in [0.1, 0.15) is 30.2 Å². The van der Waals surface area contributed by atoms with E-state index >= 15 is 0 Å². The molecule has 0 aromatic heterocycles. The summed E-state index contributed by atoms with van der Waals surface area (Å²) in [6.45, 7) is 4.01. The van der Waals surface area contributed by atoms with Gasteiger partial charge in [0.1, 0.15) is 6.10 Å². The summed E-state index contributed by atoms with van der Waals surface area (Å²) in [6, 6.07) is 8.33. The summed E-state index contributed by atoms with van der Waals surface area (Å²) in [6.07, 6.45) is 0.0841. The van der Waals surface area contributed by atoms with Crippen molar-refractivity contribution in [2.45, 2.75) is 19.1 Å². The third-order valence-corrected chi connectivity index (χ3v) is 2.65. The van der Waals surface area contributed by atoms with Crippen LogP contribution in [0.5, 0.6) is 0 Å². The molecule has 1 saturated heterocycles. The molecule has 2 unspecified atom stereocenters. The minimum atomic E-state index is 0.0841. The van der Waals surface area contributed by atoms with Crippen LogP contribution in [0.15, 0.2) is 24.3 Å². The Bertz CT molecular complexity index is 302. The van der Waals surface area contributed by atoms with Crippen molar-refractivity contribution < 1.29 is 9.47 Å². The Morgan fingerprint density at radius 2 is 2.00 bits per heavy atom. The smallest absolute Gasteiger partial charge is 0.106 e. The highest BCUT2D eigenvalue weighted by Gasteiger charge is 2.16. The van der Waals surface area contributed by atoms with Gasteiger partial charge in [0.05, 0.1) is 19.8 Å². The molecule has 2 rings (SSSR count). The number of hydrogen-bond acceptors (Lipinski definition) is 3. The lowest BCUT2D eigenvalue weighted by molar-refractivity contribution is -0.0901. The number of hydrogen-bond donors (Lipinski definition) is 1. The van der Waals surface area contributed by atoms with Gasteiger partial charge in [0, 0.05) is 6.04 Å². The Labute approximate surface area is 90.2 Å². The van der Waals surface area contributed by atoms with Crippen molar-refractivity contribution >= 4 is 0 Å². The van der Waals surface area contributed by atoms with Crippen molar-refractivity contribution in [3.8, 4) is 0 Å². The van der Waals surface area contributed by atoms with Gasteiger partial charge in [-0.1, -0.05) is 24.3 Å². The molecule has 0 radical (unpaired) electrons. The molecule has 82 valence electrons. The third kappa shape index (κ3) is 2.56. The lowest BCUT2D eigenvalue weighted by Gasteiger charge is -2.23. The summed E-state index contributed by atoms with van der Waals surface area (Å²) in [5, 5.41) is 0. The highest BCUT2D eigenvalue weighted by atomic mass is 16.6. The van der Waals surface area contributed by atoms with Crippen LogP contribution in [-0.2, 0) is 9.47 Å². The van der Waals surface area contributed by atoms with Gasteiger partial charge in [-0.25, -0.2) is 0 Å². The van der Waals surface area contributed by atoms with E-state index in [1.165, 1.54) is 5.56 Å². The van der Waals surface area contributed by atoms with E-state index in [0.29, 0.717) is 19.8 Å². The van der Waals surface area contributed by atoms with E-state index in [0.717, 1.165) is 5.56 Å². The van der Waals surface area contributed by atoms with Gasteiger partial charge in [-0.05, 0) is 18.1 Å². The van der Waals surface area contributed by atoms with Crippen LogP contribution >= 0.6 is 0 Å². The van der Waals surface area contributed by atoms with E-state index in [1.807, 2.05) is 6.92 Å².